The zero-order valence-electron chi connectivity index (χ0n) is 14.6. The lowest BCUT2D eigenvalue weighted by molar-refractivity contribution is -0.119. The second-order valence-electron chi connectivity index (χ2n) is 6.15. The molecular weight excluding hydrogens is 340 g/mol. The van der Waals surface area contributed by atoms with Gasteiger partial charge in [0, 0.05) is 44.5 Å². The molecule has 0 unspecified atom stereocenters. The number of halogens is 1. The Labute approximate surface area is 154 Å². The van der Waals surface area contributed by atoms with Crippen LogP contribution in [0.5, 0.6) is 0 Å². The van der Waals surface area contributed by atoms with Crippen molar-refractivity contribution in [3.8, 4) is 0 Å². The third-order valence-electron chi connectivity index (χ3n) is 4.37. The highest BCUT2D eigenvalue weighted by atomic mass is 35.5. The molecule has 1 aliphatic rings. The molecule has 6 nitrogen and oxygen atoms in total. The molecule has 2 atom stereocenters. The summed E-state index contributed by atoms with van der Waals surface area (Å²) >= 11 is 0. The fourth-order valence-corrected chi connectivity index (χ4v) is 3.13. The van der Waals surface area contributed by atoms with Crippen LogP contribution in [0.2, 0.25) is 0 Å². The predicted octanol–water partition coefficient (Wildman–Crippen LogP) is 2.32. The molecule has 1 aromatic carbocycles. The molecule has 0 spiro atoms. The lowest BCUT2D eigenvalue weighted by Gasteiger charge is -2.17. The van der Waals surface area contributed by atoms with E-state index in [1.165, 1.54) is 0 Å². The number of carbonyl (C=O) groups excluding carboxylic acids is 1. The van der Waals surface area contributed by atoms with E-state index in [1.54, 1.807) is 4.68 Å². The van der Waals surface area contributed by atoms with Gasteiger partial charge in [0.2, 0.25) is 5.91 Å². The van der Waals surface area contributed by atoms with Crippen LogP contribution in [-0.2, 0) is 23.2 Å². The Bertz CT molecular complexity index is 704. The second-order valence-corrected chi connectivity index (χ2v) is 6.15. The van der Waals surface area contributed by atoms with Crippen LogP contribution in [0.1, 0.15) is 24.0 Å². The van der Waals surface area contributed by atoms with Crippen molar-refractivity contribution in [2.24, 2.45) is 13.0 Å². The summed E-state index contributed by atoms with van der Waals surface area (Å²) in [4.78, 5) is 12.7. The number of aryl methyl sites for hydroxylation is 1. The predicted molar refractivity (Wildman–Crippen MR) is 100.0 cm³/mol. The Morgan fingerprint density at radius 1 is 1.44 bits per heavy atom. The van der Waals surface area contributed by atoms with E-state index in [0.717, 1.165) is 23.4 Å². The first-order chi connectivity index (χ1) is 11.7. The number of hydrogen-bond acceptors (Lipinski definition) is 4. The van der Waals surface area contributed by atoms with Gasteiger partial charge >= 0.3 is 0 Å². The zero-order valence-corrected chi connectivity index (χ0v) is 15.4. The standard InChI is InChI=1S/C18H24N4O2.ClH/c1-3-24-12-13-5-4-6-15(7-13)21-18(23)17-10-19-9-16(17)14-8-20-22(2)11-14;/h4-8,11,16-17,19H,3,9-10,12H2,1-2H3,(H,21,23);1H/t16-,17+;/m1./s1. The van der Waals surface area contributed by atoms with Crippen molar-refractivity contribution in [3.63, 3.8) is 0 Å². The number of carbonyl (C=O) groups is 1. The summed E-state index contributed by atoms with van der Waals surface area (Å²) in [6.07, 6.45) is 3.83. The molecule has 1 saturated heterocycles. The second kappa shape index (κ2) is 8.99. The topological polar surface area (TPSA) is 68.2 Å². The van der Waals surface area contributed by atoms with Gasteiger partial charge in [0.1, 0.15) is 0 Å². The molecule has 2 N–H and O–H groups in total. The van der Waals surface area contributed by atoms with Crippen molar-refractivity contribution in [1.82, 2.24) is 15.1 Å². The van der Waals surface area contributed by atoms with E-state index < -0.39 is 0 Å². The number of nitrogens with zero attached hydrogens (tertiary/aromatic N) is 2. The van der Waals surface area contributed by atoms with E-state index in [0.29, 0.717) is 19.8 Å². The SMILES string of the molecule is CCOCc1cccc(NC(=O)[C@H]2CNC[C@@H]2c2cnn(C)c2)c1.Cl. The molecule has 0 radical (unpaired) electrons. The lowest BCUT2D eigenvalue weighted by Crippen LogP contribution is -2.28. The molecule has 1 aromatic heterocycles. The third-order valence-corrected chi connectivity index (χ3v) is 4.37. The minimum absolute atomic E-state index is 0. The van der Waals surface area contributed by atoms with Crippen LogP contribution in [0, 0.1) is 5.92 Å². The normalized spacial score (nSPS) is 19.4. The summed E-state index contributed by atoms with van der Waals surface area (Å²) in [5.74, 6) is 0.109. The molecule has 2 heterocycles. The van der Waals surface area contributed by atoms with Crippen molar-refractivity contribution >= 4 is 24.0 Å². The first-order valence-corrected chi connectivity index (χ1v) is 8.34. The highest BCUT2D eigenvalue weighted by molar-refractivity contribution is 5.93. The summed E-state index contributed by atoms with van der Waals surface area (Å²) in [7, 11) is 1.89. The quantitative estimate of drug-likeness (QED) is 0.825. The van der Waals surface area contributed by atoms with Gasteiger partial charge in [-0.15, -0.1) is 12.4 Å². The van der Waals surface area contributed by atoms with E-state index in [-0.39, 0.29) is 30.2 Å². The Morgan fingerprint density at radius 2 is 2.28 bits per heavy atom. The summed E-state index contributed by atoms with van der Waals surface area (Å²) in [6, 6.07) is 7.82. The van der Waals surface area contributed by atoms with E-state index in [1.807, 2.05) is 50.6 Å². The van der Waals surface area contributed by atoms with Gasteiger partial charge in [-0.05, 0) is 30.2 Å². The number of rotatable bonds is 6. The summed E-state index contributed by atoms with van der Waals surface area (Å²) in [5, 5.41) is 10.6. The van der Waals surface area contributed by atoms with Crippen molar-refractivity contribution in [1.29, 1.82) is 0 Å². The molecule has 1 aliphatic heterocycles. The summed E-state index contributed by atoms with van der Waals surface area (Å²) in [5.41, 5.74) is 2.98. The number of hydrogen-bond donors (Lipinski definition) is 2. The van der Waals surface area contributed by atoms with Crippen LogP contribution in [-0.4, -0.2) is 35.4 Å². The van der Waals surface area contributed by atoms with Crippen LogP contribution in [0.15, 0.2) is 36.7 Å². The number of amides is 1. The average molecular weight is 365 g/mol. The Hall–Kier alpha value is -1.89. The van der Waals surface area contributed by atoms with Gasteiger partial charge in [0.25, 0.3) is 0 Å². The maximum Gasteiger partial charge on any atom is 0.229 e. The van der Waals surface area contributed by atoms with E-state index in [4.69, 9.17) is 4.74 Å². The molecule has 3 rings (SSSR count). The smallest absolute Gasteiger partial charge is 0.229 e. The van der Waals surface area contributed by atoms with Gasteiger partial charge in [-0.25, -0.2) is 0 Å². The maximum atomic E-state index is 12.7. The van der Waals surface area contributed by atoms with Gasteiger partial charge in [-0.3, -0.25) is 9.48 Å². The van der Waals surface area contributed by atoms with Crippen molar-refractivity contribution in [2.45, 2.75) is 19.4 Å². The molecule has 136 valence electrons. The number of aromatic nitrogens is 2. The molecule has 1 amide bonds. The van der Waals surface area contributed by atoms with E-state index >= 15 is 0 Å². The monoisotopic (exact) mass is 364 g/mol. The highest BCUT2D eigenvalue weighted by Gasteiger charge is 2.34. The van der Waals surface area contributed by atoms with Crippen molar-refractivity contribution in [3.05, 3.63) is 47.8 Å². The number of ether oxygens (including phenoxy) is 1. The minimum atomic E-state index is -0.0928. The largest absolute Gasteiger partial charge is 0.377 e. The van der Waals surface area contributed by atoms with Gasteiger partial charge in [0.05, 0.1) is 18.7 Å². The molecule has 2 aromatic rings. The van der Waals surface area contributed by atoms with Gasteiger partial charge in [-0.1, -0.05) is 12.1 Å². The van der Waals surface area contributed by atoms with Gasteiger partial charge in [-0.2, -0.15) is 5.10 Å². The third kappa shape index (κ3) is 4.81. The molecular formula is C18H25ClN4O2. The Kier molecular flexibility index (Phi) is 6.99. The van der Waals surface area contributed by atoms with Crippen LogP contribution in [0.4, 0.5) is 5.69 Å². The minimum Gasteiger partial charge on any atom is -0.377 e. The number of anilines is 1. The first kappa shape index (κ1) is 19.4. The zero-order chi connectivity index (χ0) is 16.9. The van der Waals surface area contributed by atoms with Gasteiger partial charge < -0.3 is 15.4 Å². The average Bonchev–Trinajstić information content (AvgIpc) is 3.21. The summed E-state index contributed by atoms with van der Waals surface area (Å²) < 4.78 is 7.20. The van der Waals surface area contributed by atoms with Crippen molar-refractivity contribution in [2.75, 3.05) is 25.0 Å². The fourth-order valence-electron chi connectivity index (χ4n) is 3.13. The molecule has 7 heteroatoms. The van der Waals surface area contributed by atoms with E-state index in [9.17, 15) is 4.79 Å². The molecule has 0 aliphatic carbocycles. The Morgan fingerprint density at radius 3 is 3.00 bits per heavy atom. The molecule has 1 fully saturated rings. The van der Waals surface area contributed by atoms with Crippen molar-refractivity contribution < 1.29 is 9.53 Å². The molecule has 0 saturated carbocycles. The highest BCUT2D eigenvalue weighted by Crippen LogP contribution is 2.29. The summed E-state index contributed by atoms with van der Waals surface area (Å²) in [6.45, 7) is 4.69. The first-order valence-electron chi connectivity index (χ1n) is 8.34. The van der Waals surface area contributed by atoms with E-state index in [2.05, 4.69) is 15.7 Å². The number of benzene rings is 1. The number of nitrogens with one attached hydrogen (secondary N) is 2. The lowest BCUT2D eigenvalue weighted by atomic mass is 9.90. The van der Waals surface area contributed by atoms with Crippen LogP contribution in [0.25, 0.3) is 0 Å². The van der Waals surface area contributed by atoms with Gasteiger partial charge in [0.15, 0.2) is 0 Å². The molecule has 0 bridgehead atoms. The van der Waals surface area contributed by atoms with Crippen LogP contribution >= 0.6 is 12.4 Å². The Balaban J connectivity index is 0.00000225. The van der Waals surface area contributed by atoms with Crippen LogP contribution < -0.4 is 10.6 Å². The molecule has 25 heavy (non-hydrogen) atoms. The van der Waals surface area contributed by atoms with Crippen LogP contribution in [0.3, 0.4) is 0 Å². The fraction of sp³-hybridized carbons (Fsp3) is 0.444. The maximum absolute atomic E-state index is 12.7.